The molecular weight excluding hydrogens is 484 g/mol. The number of amides is 1. The van der Waals surface area contributed by atoms with E-state index < -0.39 is 0 Å². The SMILES string of the molecule is CCCn1c(N2CC(C)OC(C)C2)c(/C=C2\SC(=S)N(Cc3ccco3)C2=O)c(C)c(C#N)c1=O. The van der Waals surface area contributed by atoms with Gasteiger partial charge in [0.25, 0.3) is 11.5 Å². The molecule has 1 amide bonds. The molecule has 8 nitrogen and oxygen atoms in total. The molecule has 2 aromatic heterocycles. The van der Waals surface area contributed by atoms with Gasteiger partial charge >= 0.3 is 0 Å². The summed E-state index contributed by atoms with van der Waals surface area (Å²) in [5.41, 5.74) is 1.03. The molecule has 184 valence electrons. The molecule has 4 heterocycles. The zero-order valence-corrected chi connectivity index (χ0v) is 21.9. The Morgan fingerprint density at radius 1 is 1.29 bits per heavy atom. The number of furan rings is 1. The van der Waals surface area contributed by atoms with Gasteiger partial charge in [0.2, 0.25) is 0 Å². The molecule has 35 heavy (non-hydrogen) atoms. The summed E-state index contributed by atoms with van der Waals surface area (Å²) in [6.45, 7) is 9.66. The lowest BCUT2D eigenvalue weighted by Crippen LogP contribution is -2.48. The predicted molar refractivity (Wildman–Crippen MR) is 140 cm³/mol. The standard InChI is InChI=1S/C25H28N4O4S2/c1-5-8-28-22(27-12-15(2)33-16(3)13-27)19(17(4)20(11-26)23(28)30)10-21-24(31)29(25(34)35-21)14-18-7-6-9-32-18/h6-7,9-10,15-16H,5,8,12-14H2,1-4H3/b21-10-. The van der Waals surface area contributed by atoms with Crippen molar-refractivity contribution in [2.45, 2.75) is 59.4 Å². The van der Waals surface area contributed by atoms with Crippen molar-refractivity contribution in [2.75, 3.05) is 18.0 Å². The average molecular weight is 513 g/mol. The number of hydrogen-bond donors (Lipinski definition) is 0. The number of nitriles is 1. The zero-order chi connectivity index (χ0) is 25.3. The molecule has 2 atom stereocenters. The van der Waals surface area contributed by atoms with Gasteiger partial charge in [0.1, 0.15) is 27.5 Å². The largest absolute Gasteiger partial charge is 0.467 e. The Morgan fingerprint density at radius 2 is 2.00 bits per heavy atom. The Labute approximate surface area is 214 Å². The smallest absolute Gasteiger partial charge is 0.270 e. The van der Waals surface area contributed by atoms with Crippen molar-refractivity contribution in [3.05, 3.63) is 56.1 Å². The minimum absolute atomic E-state index is 0.0285. The van der Waals surface area contributed by atoms with Crippen LogP contribution in [-0.4, -0.2) is 45.0 Å². The van der Waals surface area contributed by atoms with Crippen molar-refractivity contribution in [1.29, 1.82) is 5.26 Å². The van der Waals surface area contributed by atoms with E-state index in [4.69, 9.17) is 21.4 Å². The van der Waals surface area contributed by atoms with Crippen molar-refractivity contribution in [1.82, 2.24) is 9.47 Å². The third-order valence-corrected chi connectivity index (χ3v) is 7.43. The van der Waals surface area contributed by atoms with Crippen molar-refractivity contribution in [3.8, 4) is 6.07 Å². The van der Waals surface area contributed by atoms with Crippen LogP contribution >= 0.6 is 24.0 Å². The van der Waals surface area contributed by atoms with Crippen LogP contribution in [0.4, 0.5) is 5.82 Å². The van der Waals surface area contributed by atoms with E-state index in [2.05, 4.69) is 11.0 Å². The molecule has 4 rings (SSSR count). The van der Waals surface area contributed by atoms with Crippen LogP contribution in [0.3, 0.4) is 0 Å². The number of thiocarbonyl (C=S) groups is 1. The van der Waals surface area contributed by atoms with E-state index in [1.165, 1.54) is 16.7 Å². The Hall–Kier alpha value is -2.87. The number of pyridine rings is 1. The second kappa shape index (κ2) is 10.4. The fraction of sp³-hybridized carbons (Fsp3) is 0.440. The lowest BCUT2D eigenvalue weighted by molar-refractivity contribution is -0.122. The molecule has 0 saturated carbocycles. The van der Waals surface area contributed by atoms with Crippen LogP contribution in [0, 0.1) is 18.3 Å². The normalized spacial score (nSPS) is 21.7. The Balaban J connectivity index is 1.86. The van der Waals surface area contributed by atoms with Crippen LogP contribution < -0.4 is 10.5 Å². The Morgan fingerprint density at radius 3 is 2.60 bits per heavy atom. The Kier molecular flexibility index (Phi) is 7.50. The van der Waals surface area contributed by atoms with Crippen molar-refractivity contribution in [2.24, 2.45) is 0 Å². The summed E-state index contributed by atoms with van der Waals surface area (Å²) < 4.78 is 13.4. The molecule has 2 saturated heterocycles. The number of morpholine rings is 1. The second-order valence-corrected chi connectivity index (χ2v) is 10.5. The molecule has 2 unspecified atom stereocenters. The maximum Gasteiger partial charge on any atom is 0.270 e. The summed E-state index contributed by atoms with van der Waals surface area (Å²) in [4.78, 5) is 30.7. The van der Waals surface area contributed by atoms with Gasteiger partial charge in [-0.2, -0.15) is 5.26 Å². The molecule has 2 aromatic rings. The quantitative estimate of drug-likeness (QED) is 0.423. The van der Waals surface area contributed by atoms with E-state index in [0.717, 1.165) is 6.42 Å². The van der Waals surface area contributed by atoms with Gasteiger partial charge in [-0.25, -0.2) is 0 Å². The van der Waals surface area contributed by atoms with E-state index in [-0.39, 0.29) is 35.8 Å². The summed E-state index contributed by atoms with van der Waals surface area (Å²) in [7, 11) is 0. The lowest BCUT2D eigenvalue weighted by Gasteiger charge is -2.39. The highest BCUT2D eigenvalue weighted by Gasteiger charge is 2.34. The predicted octanol–water partition coefficient (Wildman–Crippen LogP) is 4.05. The first-order valence-electron chi connectivity index (χ1n) is 11.6. The Bertz CT molecular complexity index is 1270. The van der Waals surface area contributed by atoms with Gasteiger partial charge in [-0.1, -0.05) is 30.9 Å². The number of rotatable bonds is 6. The summed E-state index contributed by atoms with van der Waals surface area (Å²) in [6.07, 6.45) is 4.01. The number of carbonyl (C=O) groups is 1. The average Bonchev–Trinajstić information content (AvgIpc) is 3.41. The first kappa shape index (κ1) is 25.2. The van der Waals surface area contributed by atoms with E-state index in [9.17, 15) is 14.9 Å². The number of ether oxygens (including phenoxy) is 1. The van der Waals surface area contributed by atoms with Crippen LogP contribution in [0.1, 0.15) is 49.6 Å². The minimum Gasteiger partial charge on any atom is -0.467 e. The number of nitrogens with zero attached hydrogens (tertiary/aromatic N) is 4. The molecule has 0 aliphatic carbocycles. The van der Waals surface area contributed by atoms with Gasteiger partial charge in [0, 0.05) is 25.2 Å². The highest BCUT2D eigenvalue weighted by atomic mass is 32.2. The zero-order valence-electron chi connectivity index (χ0n) is 20.2. The van der Waals surface area contributed by atoms with Crippen molar-refractivity contribution in [3.63, 3.8) is 0 Å². The first-order chi connectivity index (χ1) is 16.7. The molecule has 0 aromatic carbocycles. The third-order valence-electron chi connectivity index (χ3n) is 6.06. The van der Waals surface area contributed by atoms with E-state index in [1.54, 1.807) is 36.0 Å². The summed E-state index contributed by atoms with van der Waals surface area (Å²) in [5, 5.41) is 9.81. The van der Waals surface area contributed by atoms with Gasteiger partial charge in [0.15, 0.2) is 0 Å². The lowest BCUT2D eigenvalue weighted by atomic mass is 10.0. The summed E-state index contributed by atoms with van der Waals surface area (Å²) in [5.74, 6) is 1.13. The van der Waals surface area contributed by atoms with Crippen LogP contribution in [0.25, 0.3) is 6.08 Å². The van der Waals surface area contributed by atoms with Gasteiger partial charge in [-0.05, 0) is 51.0 Å². The van der Waals surface area contributed by atoms with Crippen molar-refractivity contribution < 1.29 is 13.9 Å². The fourth-order valence-corrected chi connectivity index (χ4v) is 5.83. The van der Waals surface area contributed by atoms with Gasteiger partial charge in [0.05, 0.1) is 29.9 Å². The maximum absolute atomic E-state index is 13.3. The highest BCUT2D eigenvalue weighted by Crippen LogP contribution is 2.37. The molecule has 2 aliphatic heterocycles. The van der Waals surface area contributed by atoms with E-state index in [1.807, 2.05) is 20.8 Å². The molecular formula is C25H28N4O4S2. The van der Waals surface area contributed by atoms with Gasteiger partial charge in [-0.15, -0.1) is 0 Å². The molecule has 0 radical (unpaired) electrons. The first-order valence-corrected chi connectivity index (χ1v) is 12.8. The number of hydrogen-bond acceptors (Lipinski definition) is 8. The minimum atomic E-state index is -0.309. The van der Waals surface area contributed by atoms with Crippen LogP contribution in [0.5, 0.6) is 0 Å². The number of anilines is 1. The number of carbonyl (C=O) groups excluding carboxylic acids is 1. The van der Waals surface area contributed by atoms with Crippen LogP contribution in [0.2, 0.25) is 0 Å². The highest BCUT2D eigenvalue weighted by molar-refractivity contribution is 8.26. The molecule has 2 aliphatic rings. The van der Waals surface area contributed by atoms with Crippen LogP contribution in [-0.2, 0) is 22.6 Å². The van der Waals surface area contributed by atoms with Crippen LogP contribution in [0.15, 0.2) is 32.5 Å². The van der Waals surface area contributed by atoms with Gasteiger partial charge < -0.3 is 14.1 Å². The molecule has 2 fully saturated rings. The summed E-state index contributed by atoms with van der Waals surface area (Å²) in [6, 6.07) is 5.65. The molecule has 0 bridgehead atoms. The number of thioether (sulfide) groups is 1. The summed E-state index contributed by atoms with van der Waals surface area (Å²) >= 11 is 6.71. The van der Waals surface area contributed by atoms with Gasteiger partial charge in [-0.3, -0.25) is 19.1 Å². The second-order valence-electron chi connectivity index (χ2n) is 8.82. The molecule has 10 heteroatoms. The third kappa shape index (κ3) is 4.94. The number of aromatic nitrogens is 1. The molecule has 0 spiro atoms. The maximum atomic E-state index is 13.3. The fourth-order valence-electron chi connectivity index (χ4n) is 4.59. The van der Waals surface area contributed by atoms with E-state index in [0.29, 0.717) is 51.6 Å². The van der Waals surface area contributed by atoms with Crippen molar-refractivity contribution >= 4 is 46.1 Å². The molecule has 0 N–H and O–H groups in total. The monoisotopic (exact) mass is 512 g/mol. The van der Waals surface area contributed by atoms with E-state index >= 15 is 0 Å². The topological polar surface area (TPSA) is 91.7 Å².